The second-order valence-corrected chi connectivity index (χ2v) is 10.6. The first-order valence-electron chi connectivity index (χ1n) is 8.60. The van der Waals surface area contributed by atoms with Gasteiger partial charge >= 0.3 is 6.09 Å². The third-order valence-corrected chi connectivity index (χ3v) is 5.68. The van der Waals surface area contributed by atoms with Gasteiger partial charge in [0.05, 0.1) is 21.3 Å². The quantitative estimate of drug-likeness (QED) is 0.815. The van der Waals surface area contributed by atoms with Crippen molar-refractivity contribution in [3.8, 4) is 0 Å². The van der Waals surface area contributed by atoms with Crippen LogP contribution in [-0.2, 0) is 21.3 Å². The molecular formula is C19H28N2O4S. The normalized spacial score (nSPS) is 18.0. The summed E-state index contributed by atoms with van der Waals surface area (Å²) in [4.78, 5) is 25.0. The molecule has 6 nitrogen and oxygen atoms in total. The van der Waals surface area contributed by atoms with Gasteiger partial charge in [0.2, 0.25) is 0 Å². The number of carbonyl (C=O) groups excluding carboxylic acids is 2. The lowest BCUT2D eigenvalue weighted by Gasteiger charge is -2.51. The number of rotatable bonds is 4. The molecule has 1 aromatic carbocycles. The lowest BCUT2D eigenvalue weighted by molar-refractivity contribution is -0.0124. The number of hydrogen-bond acceptors (Lipinski definition) is 4. The predicted molar refractivity (Wildman–Crippen MR) is 102 cm³/mol. The molecule has 0 bridgehead atoms. The van der Waals surface area contributed by atoms with Gasteiger partial charge in [-0.05, 0) is 53.2 Å². The molecule has 1 atom stereocenters. The van der Waals surface area contributed by atoms with Gasteiger partial charge < -0.3 is 9.64 Å². The third-order valence-electron chi connectivity index (χ3n) is 3.99. The number of ether oxygens (including phenoxy) is 1. The summed E-state index contributed by atoms with van der Waals surface area (Å²) in [6.07, 6.45) is 0.380. The van der Waals surface area contributed by atoms with E-state index >= 15 is 0 Å². The van der Waals surface area contributed by atoms with Crippen molar-refractivity contribution in [2.45, 2.75) is 57.4 Å². The summed E-state index contributed by atoms with van der Waals surface area (Å²) in [6.45, 7) is 11.8. The Morgan fingerprint density at radius 1 is 1.23 bits per heavy atom. The number of benzene rings is 1. The van der Waals surface area contributed by atoms with Crippen LogP contribution >= 0.6 is 0 Å². The van der Waals surface area contributed by atoms with E-state index < -0.39 is 33.0 Å². The van der Waals surface area contributed by atoms with Crippen molar-refractivity contribution in [2.24, 2.45) is 0 Å². The van der Waals surface area contributed by atoms with Crippen LogP contribution in [0.2, 0.25) is 0 Å². The molecule has 1 fully saturated rings. The molecular weight excluding hydrogens is 352 g/mol. The highest BCUT2D eigenvalue weighted by Crippen LogP contribution is 2.35. The Kier molecular flexibility index (Phi) is 5.63. The Hall–Kier alpha value is -1.73. The third kappa shape index (κ3) is 4.71. The molecule has 26 heavy (non-hydrogen) atoms. The first-order valence-corrected chi connectivity index (χ1v) is 9.75. The van der Waals surface area contributed by atoms with Gasteiger partial charge in [-0.1, -0.05) is 18.2 Å². The average Bonchev–Trinajstić information content (AvgIpc) is 2.47. The molecule has 1 aliphatic rings. The largest absolute Gasteiger partial charge is 0.444 e. The molecule has 1 N–H and O–H groups in total. The summed E-state index contributed by atoms with van der Waals surface area (Å²) >= 11 is 0. The molecule has 1 unspecified atom stereocenters. The van der Waals surface area contributed by atoms with Gasteiger partial charge in [0.15, 0.2) is 0 Å². The minimum atomic E-state index is -1.33. The topological polar surface area (TPSA) is 75.7 Å². The maximum Gasteiger partial charge on any atom is 0.410 e. The molecule has 1 heterocycles. The van der Waals surface area contributed by atoms with Crippen molar-refractivity contribution in [1.29, 1.82) is 0 Å². The maximum absolute atomic E-state index is 12.7. The van der Waals surface area contributed by atoms with Crippen LogP contribution in [0.3, 0.4) is 0 Å². The molecule has 1 saturated heterocycles. The summed E-state index contributed by atoms with van der Waals surface area (Å²) in [5.74, 6) is 0. The van der Waals surface area contributed by atoms with Crippen LogP contribution in [0.25, 0.3) is 0 Å². The van der Waals surface area contributed by atoms with Crippen molar-refractivity contribution >= 4 is 23.4 Å². The van der Waals surface area contributed by atoms with E-state index in [4.69, 9.17) is 4.74 Å². The van der Waals surface area contributed by atoms with Crippen LogP contribution in [0.15, 0.2) is 24.3 Å². The van der Waals surface area contributed by atoms with Crippen LogP contribution in [0, 0.1) is 0 Å². The molecule has 0 saturated carbocycles. The predicted octanol–water partition coefficient (Wildman–Crippen LogP) is 3.00. The zero-order valence-corrected chi connectivity index (χ0v) is 17.1. The van der Waals surface area contributed by atoms with Gasteiger partial charge in [-0.3, -0.25) is 4.79 Å². The number of hydrogen-bond donors (Lipinski definition) is 1. The summed E-state index contributed by atoms with van der Waals surface area (Å²) < 4.78 is 20.9. The average molecular weight is 381 g/mol. The first kappa shape index (κ1) is 20.6. The van der Waals surface area contributed by atoms with Gasteiger partial charge in [-0.2, -0.15) is 0 Å². The highest BCUT2D eigenvalue weighted by atomic mass is 32.2. The van der Waals surface area contributed by atoms with Gasteiger partial charge in [0.1, 0.15) is 11.9 Å². The van der Waals surface area contributed by atoms with Gasteiger partial charge in [0, 0.05) is 18.7 Å². The van der Waals surface area contributed by atoms with Crippen LogP contribution in [-0.4, -0.2) is 44.9 Å². The van der Waals surface area contributed by atoms with Crippen molar-refractivity contribution in [1.82, 2.24) is 9.62 Å². The van der Waals surface area contributed by atoms with Crippen molar-refractivity contribution in [3.05, 3.63) is 35.4 Å². The minimum Gasteiger partial charge on any atom is -0.444 e. The standard InChI is InChI=1S/C19H28N2O4S/c1-17(2,3)25-16(23)21-12-19(13-21,20-26(24)18(4,5)6)15-9-7-8-14(10-15)11-22/h7-11,20H,12-13H2,1-6H3. The molecule has 1 aliphatic heterocycles. The zero-order chi connectivity index (χ0) is 19.8. The van der Waals surface area contributed by atoms with E-state index in [2.05, 4.69) is 4.72 Å². The Bertz CT molecular complexity index is 713. The molecule has 144 valence electrons. The fraction of sp³-hybridized carbons (Fsp3) is 0.579. The summed E-state index contributed by atoms with van der Waals surface area (Å²) in [5.41, 5.74) is 0.128. The van der Waals surface area contributed by atoms with Gasteiger partial charge in [0.25, 0.3) is 0 Å². The highest BCUT2D eigenvalue weighted by Gasteiger charge is 2.49. The Labute approximate surface area is 157 Å². The Balaban J connectivity index is 2.27. The number of nitrogens with one attached hydrogen (secondary N) is 1. The van der Waals surface area contributed by atoms with E-state index in [9.17, 15) is 13.8 Å². The van der Waals surface area contributed by atoms with E-state index in [1.165, 1.54) is 0 Å². The molecule has 1 amide bonds. The number of nitrogens with zero attached hydrogens (tertiary/aromatic N) is 1. The summed E-state index contributed by atoms with van der Waals surface area (Å²) in [5, 5.41) is 0. The van der Waals surface area contributed by atoms with Crippen molar-refractivity contribution < 1.29 is 18.5 Å². The molecule has 0 radical (unpaired) electrons. The van der Waals surface area contributed by atoms with Crippen LogP contribution in [0.5, 0.6) is 0 Å². The van der Waals surface area contributed by atoms with E-state index in [-0.39, 0.29) is 0 Å². The lowest BCUT2D eigenvalue weighted by atomic mass is 9.83. The number of carbonyl (C=O) groups is 2. The van der Waals surface area contributed by atoms with Crippen LogP contribution < -0.4 is 4.72 Å². The SMILES string of the molecule is CC(C)(C)OC(=O)N1CC(NS(=O)C(C)(C)C)(c2cccc(C=O)c2)C1. The minimum absolute atomic E-state index is 0.325. The molecule has 0 spiro atoms. The molecule has 0 aliphatic carbocycles. The van der Waals surface area contributed by atoms with Crippen molar-refractivity contribution in [3.63, 3.8) is 0 Å². The second-order valence-electron chi connectivity index (χ2n) is 8.64. The van der Waals surface area contributed by atoms with Gasteiger partial charge in [-0.25, -0.2) is 13.7 Å². The monoisotopic (exact) mass is 380 g/mol. The molecule has 0 aromatic heterocycles. The summed E-state index contributed by atoms with van der Waals surface area (Å²) in [6, 6.07) is 7.16. The van der Waals surface area contributed by atoms with Crippen molar-refractivity contribution in [2.75, 3.05) is 13.1 Å². The number of amides is 1. The smallest absolute Gasteiger partial charge is 0.410 e. The Morgan fingerprint density at radius 2 is 1.85 bits per heavy atom. The van der Waals surface area contributed by atoms with Crippen LogP contribution in [0.1, 0.15) is 57.5 Å². The van der Waals surface area contributed by atoms with E-state index in [0.717, 1.165) is 11.8 Å². The van der Waals surface area contributed by atoms with E-state index in [1.54, 1.807) is 23.1 Å². The first-order chi connectivity index (χ1) is 11.9. The second kappa shape index (κ2) is 7.12. The number of aldehydes is 1. The molecule has 2 rings (SSSR count). The fourth-order valence-corrected chi connectivity index (χ4v) is 3.52. The number of likely N-dealkylation sites (tertiary alicyclic amines) is 1. The zero-order valence-electron chi connectivity index (χ0n) is 16.3. The lowest BCUT2D eigenvalue weighted by Crippen LogP contribution is -2.69. The van der Waals surface area contributed by atoms with Crippen LogP contribution in [0.4, 0.5) is 4.79 Å². The van der Waals surface area contributed by atoms with E-state index in [1.807, 2.05) is 47.6 Å². The highest BCUT2D eigenvalue weighted by molar-refractivity contribution is 7.84. The molecule has 1 aromatic rings. The fourth-order valence-electron chi connectivity index (χ4n) is 2.61. The Morgan fingerprint density at radius 3 is 2.35 bits per heavy atom. The maximum atomic E-state index is 12.7. The van der Waals surface area contributed by atoms with E-state index in [0.29, 0.717) is 18.7 Å². The van der Waals surface area contributed by atoms with Gasteiger partial charge in [-0.15, -0.1) is 0 Å². The molecule has 7 heteroatoms. The summed E-state index contributed by atoms with van der Waals surface area (Å²) in [7, 11) is -1.33.